The summed E-state index contributed by atoms with van der Waals surface area (Å²) in [5.74, 6) is -8.80. The number of carbonyl (C=O) groups excluding carboxylic acids is 4. The molecule has 13 heteroatoms. The maximum absolute atomic E-state index is 13.6. The first-order valence-corrected chi connectivity index (χ1v) is 12.0. The van der Waals surface area contributed by atoms with E-state index in [2.05, 4.69) is 16.0 Å². The van der Waals surface area contributed by atoms with Crippen molar-refractivity contribution >= 4 is 23.6 Å². The van der Waals surface area contributed by atoms with Crippen LogP contribution in [-0.2, 0) is 19.2 Å². The summed E-state index contributed by atoms with van der Waals surface area (Å²) in [7, 11) is 0. The van der Waals surface area contributed by atoms with Crippen LogP contribution < -0.4 is 21.3 Å². The van der Waals surface area contributed by atoms with Crippen LogP contribution in [-0.4, -0.2) is 59.4 Å². The lowest BCUT2D eigenvalue weighted by molar-refractivity contribution is -0.175. The Bertz CT molecular complexity index is 913. The van der Waals surface area contributed by atoms with Gasteiger partial charge in [-0.1, -0.05) is 20.8 Å². The normalized spacial score (nSPS) is 26.4. The minimum absolute atomic E-state index is 0.107. The average molecular weight is 525 g/mol. The molecule has 0 aromatic carbocycles. The van der Waals surface area contributed by atoms with Gasteiger partial charge < -0.3 is 21.3 Å². The summed E-state index contributed by atoms with van der Waals surface area (Å²) in [6.45, 7) is 5.90. The molecule has 1 heterocycles. The van der Waals surface area contributed by atoms with Crippen molar-refractivity contribution in [2.24, 2.45) is 17.3 Å². The highest BCUT2D eigenvalue weighted by Gasteiger charge is 2.58. The highest BCUT2D eigenvalue weighted by Crippen LogP contribution is 2.51. The van der Waals surface area contributed by atoms with E-state index in [4.69, 9.17) is 0 Å². The van der Waals surface area contributed by atoms with Gasteiger partial charge in [-0.15, -0.1) is 0 Å². The highest BCUT2D eigenvalue weighted by atomic mass is 19.4. The fraction of sp³-hybridized carbons (Fsp3) is 0.826. The molecule has 3 rings (SSSR count). The van der Waals surface area contributed by atoms with Crippen LogP contribution in [0.15, 0.2) is 0 Å². The predicted octanol–water partition coefficient (Wildman–Crippen LogP) is 2.17. The fourth-order valence-corrected chi connectivity index (χ4v) is 4.66. The van der Waals surface area contributed by atoms with Crippen LogP contribution in [0.5, 0.6) is 0 Å². The molecule has 8 nitrogen and oxygen atoms in total. The molecular formula is C23H33F5N4O4. The minimum atomic E-state index is -5.24. The van der Waals surface area contributed by atoms with Crippen LogP contribution in [0.2, 0.25) is 0 Å². The number of alkyl halides is 5. The topological polar surface area (TPSA) is 116 Å². The maximum Gasteiger partial charge on any atom is 0.471 e. The van der Waals surface area contributed by atoms with Crippen molar-refractivity contribution in [1.29, 1.82) is 0 Å². The molecule has 0 radical (unpaired) electrons. The molecule has 0 aromatic heterocycles. The second-order valence-electron chi connectivity index (χ2n) is 11.5. The molecule has 3 aliphatic rings. The summed E-state index contributed by atoms with van der Waals surface area (Å²) >= 11 is 0. The van der Waals surface area contributed by atoms with E-state index in [1.165, 1.54) is 20.8 Å². The molecule has 1 aliphatic heterocycles. The first-order chi connectivity index (χ1) is 16.3. The second-order valence-corrected chi connectivity index (χ2v) is 11.5. The number of hydrogen-bond acceptors (Lipinski definition) is 4. The largest absolute Gasteiger partial charge is 0.471 e. The van der Waals surface area contributed by atoms with Crippen LogP contribution in [0.25, 0.3) is 0 Å². The number of amides is 4. The smallest absolute Gasteiger partial charge is 0.352 e. The van der Waals surface area contributed by atoms with E-state index < -0.39 is 72.1 Å². The molecule has 0 aromatic rings. The van der Waals surface area contributed by atoms with Crippen LogP contribution in [0, 0.1) is 17.3 Å². The van der Waals surface area contributed by atoms with Crippen molar-refractivity contribution in [3.8, 4) is 0 Å². The Morgan fingerprint density at radius 2 is 1.58 bits per heavy atom. The molecule has 204 valence electrons. The number of carbonyl (C=O) groups is 4. The summed E-state index contributed by atoms with van der Waals surface area (Å²) < 4.78 is 65.5. The Kier molecular flexibility index (Phi) is 7.37. The molecule has 4 amide bonds. The van der Waals surface area contributed by atoms with Gasteiger partial charge in [0.1, 0.15) is 12.1 Å². The molecular weight excluding hydrogens is 491 g/mol. The van der Waals surface area contributed by atoms with Crippen molar-refractivity contribution in [1.82, 2.24) is 21.3 Å². The van der Waals surface area contributed by atoms with Crippen LogP contribution in [0.1, 0.15) is 66.2 Å². The van der Waals surface area contributed by atoms with Crippen molar-refractivity contribution in [2.45, 2.75) is 102 Å². The lowest BCUT2D eigenvalue weighted by atomic mass is 9.85. The zero-order valence-electron chi connectivity index (χ0n) is 20.7. The first kappa shape index (κ1) is 28.1. The highest BCUT2D eigenvalue weighted by molar-refractivity contribution is 5.93. The molecule has 2 aliphatic carbocycles. The SMILES string of the molecule is C[C@H](C[C@@H]1CC2(CC2)NC1=O)NC(=O)[C@H](CC1CC1(F)F)NC(=O)[C@@H](NC(=O)C(F)(F)F)C(C)(C)C. The first-order valence-electron chi connectivity index (χ1n) is 12.0. The molecule has 4 N–H and O–H groups in total. The van der Waals surface area contributed by atoms with E-state index >= 15 is 0 Å². The lowest BCUT2D eigenvalue weighted by Crippen LogP contribution is -2.59. The van der Waals surface area contributed by atoms with Gasteiger partial charge in [-0.2, -0.15) is 13.2 Å². The Morgan fingerprint density at radius 3 is 2.03 bits per heavy atom. The van der Waals surface area contributed by atoms with Gasteiger partial charge in [0.2, 0.25) is 17.7 Å². The molecule has 5 atom stereocenters. The van der Waals surface area contributed by atoms with Gasteiger partial charge >= 0.3 is 12.1 Å². The average Bonchev–Trinajstić information content (AvgIpc) is 3.56. The molecule has 36 heavy (non-hydrogen) atoms. The van der Waals surface area contributed by atoms with Gasteiger partial charge in [0, 0.05) is 29.8 Å². The van der Waals surface area contributed by atoms with Gasteiger partial charge in [0.25, 0.3) is 5.92 Å². The summed E-state index contributed by atoms with van der Waals surface area (Å²) in [5, 5.41) is 9.50. The van der Waals surface area contributed by atoms with Crippen LogP contribution in [0.3, 0.4) is 0 Å². The predicted molar refractivity (Wildman–Crippen MR) is 117 cm³/mol. The summed E-state index contributed by atoms with van der Waals surface area (Å²) in [4.78, 5) is 49.6. The third kappa shape index (κ3) is 6.84. The lowest BCUT2D eigenvalue weighted by Gasteiger charge is -2.32. The minimum Gasteiger partial charge on any atom is -0.352 e. The maximum atomic E-state index is 13.6. The molecule has 1 saturated heterocycles. The molecule has 3 fully saturated rings. The van der Waals surface area contributed by atoms with Gasteiger partial charge in [0.15, 0.2) is 0 Å². The number of nitrogens with one attached hydrogen (secondary N) is 4. The van der Waals surface area contributed by atoms with Gasteiger partial charge in [-0.25, -0.2) is 8.78 Å². The number of halogens is 5. The van der Waals surface area contributed by atoms with Crippen molar-refractivity contribution < 1.29 is 41.1 Å². The molecule has 0 bridgehead atoms. The molecule has 1 spiro atoms. The van der Waals surface area contributed by atoms with E-state index in [9.17, 15) is 41.1 Å². The van der Waals surface area contributed by atoms with E-state index in [1.54, 1.807) is 12.2 Å². The Labute approximate surface area is 205 Å². The van der Waals surface area contributed by atoms with E-state index in [1.807, 2.05) is 0 Å². The quantitative estimate of drug-likeness (QED) is 0.346. The van der Waals surface area contributed by atoms with Crippen molar-refractivity contribution in [3.63, 3.8) is 0 Å². The zero-order chi connectivity index (χ0) is 27.3. The second kappa shape index (κ2) is 9.44. The third-order valence-electron chi connectivity index (χ3n) is 7.05. The Balaban J connectivity index is 1.67. The Hall–Kier alpha value is -2.47. The molecule has 2 saturated carbocycles. The van der Waals surface area contributed by atoms with E-state index in [-0.39, 0.29) is 17.4 Å². The zero-order valence-corrected chi connectivity index (χ0v) is 20.7. The van der Waals surface area contributed by atoms with Crippen LogP contribution >= 0.6 is 0 Å². The van der Waals surface area contributed by atoms with Gasteiger partial charge in [-0.05, 0) is 44.4 Å². The van der Waals surface area contributed by atoms with Crippen LogP contribution in [0.4, 0.5) is 22.0 Å². The summed E-state index contributed by atoms with van der Waals surface area (Å²) in [6.07, 6.45) is -3.37. The summed E-state index contributed by atoms with van der Waals surface area (Å²) in [6, 6.07) is -3.67. The fourth-order valence-electron chi connectivity index (χ4n) is 4.66. The monoisotopic (exact) mass is 524 g/mol. The number of rotatable bonds is 9. The van der Waals surface area contributed by atoms with E-state index in [0.29, 0.717) is 12.8 Å². The van der Waals surface area contributed by atoms with Gasteiger partial charge in [-0.3, -0.25) is 19.2 Å². The van der Waals surface area contributed by atoms with Gasteiger partial charge in [0.05, 0.1) is 0 Å². The number of hydrogen-bond donors (Lipinski definition) is 4. The van der Waals surface area contributed by atoms with Crippen molar-refractivity contribution in [3.05, 3.63) is 0 Å². The van der Waals surface area contributed by atoms with E-state index in [0.717, 1.165) is 12.8 Å². The third-order valence-corrected chi connectivity index (χ3v) is 7.05. The Morgan fingerprint density at radius 1 is 1.00 bits per heavy atom. The standard InChI is InChI=1S/C23H33F5N4O4/c1-11(7-12-9-21(5-6-21)32-16(12)33)29-17(34)14(8-13-10-22(13,24)25)30-18(35)15(20(2,3)4)31-19(36)23(26,27)28/h11-15H,5-10H2,1-4H3,(H,29,34)(H,30,35)(H,31,36)(H,32,33)/t11-,12-,13?,14+,15-/m1/s1. The molecule has 1 unspecified atom stereocenters. The summed E-state index contributed by atoms with van der Waals surface area (Å²) in [5.41, 5.74) is -1.33. The van der Waals surface area contributed by atoms with Crippen molar-refractivity contribution in [2.75, 3.05) is 0 Å².